The van der Waals surface area contributed by atoms with Gasteiger partial charge in [0.25, 0.3) is 0 Å². The molecule has 30 heavy (non-hydrogen) atoms. The van der Waals surface area contributed by atoms with Crippen molar-refractivity contribution in [3.8, 4) is 0 Å². The highest BCUT2D eigenvalue weighted by molar-refractivity contribution is 14.0. The summed E-state index contributed by atoms with van der Waals surface area (Å²) in [5.41, 5.74) is 2.42. The van der Waals surface area contributed by atoms with Crippen LogP contribution in [0.25, 0.3) is 0 Å². The monoisotopic (exact) mass is 523 g/mol. The number of benzene rings is 1. The van der Waals surface area contributed by atoms with Crippen LogP contribution in [0.1, 0.15) is 30.9 Å². The topological polar surface area (TPSA) is 61.8 Å². The number of ether oxygens (including phenoxy) is 1. The van der Waals surface area contributed by atoms with Crippen LogP contribution in [-0.2, 0) is 17.9 Å². The molecule has 0 amide bonds. The molecule has 1 saturated heterocycles. The van der Waals surface area contributed by atoms with E-state index >= 15 is 0 Å². The largest absolute Gasteiger partial charge is 0.376 e. The van der Waals surface area contributed by atoms with Crippen LogP contribution in [0.15, 0.2) is 53.7 Å². The Balaban J connectivity index is 0.00000320. The predicted molar refractivity (Wildman–Crippen MR) is 135 cm³/mol. The highest BCUT2D eigenvalue weighted by atomic mass is 127. The van der Waals surface area contributed by atoms with Crippen LogP contribution in [0.4, 0.5) is 5.82 Å². The molecular formula is C23H34IN5O. The van der Waals surface area contributed by atoms with Crippen LogP contribution in [0.5, 0.6) is 0 Å². The van der Waals surface area contributed by atoms with Crippen LogP contribution in [0, 0.1) is 5.92 Å². The van der Waals surface area contributed by atoms with Gasteiger partial charge in [-0.05, 0) is 42.0 Å². The average Bonchev–Trinajstić information content (AvgIpc) is 3.30. The van der Waals surface area contributed by atoms with E-state index in [0.29, 0.717) is 19.1 Å². The Morgan fingerprint density at radius 1 is 1.13 bits per heavy atom. The van der Waals surface area contributed by atoms with Crippen LogP contribution in [-0.4, -0.2) is 44.2 Å². The van der Waals surface area contributed by atoms with Gasteiger partial charge in [-0.15, -0.1) is 24.0 Å². The number of hydrogen-bond acceptors (Lipinski definition) is 4. The van der Waals surface area contributed by atoms with Gasteiger partial charge in [-0.3, -0.25) is 4.99 Å². The molecule has 2 N–H and O–H groups in total. The quantitative estimate of drug-likeness (QED) is 0.298. The van der Waals surface area contributed by atoms with Crippen molar-refractivity contribution in [3.63, 3.8) is 0 Å². The maximum absolute atomic E-state index is 5.83. The molecule has 0 spiro atoms. The van der Waals surface area contributed by atoms with Gasteiger partial charge in [0.2, 0.25) is 0 Å². The van der Waals surface area contributed by atoms with E-state index in [1.165, 1.54) is 24.0 Å². The fourth-order valence-corrected chi connectivity index (χ4v) is 3.38. The maximum atomic E-state index is 5.83. The molecule has 0 aliphatic carbocycles. The molecule has 7 heteroatoms. The molecule has 0 radical (unpaired) electrons. The Hall–Kier alpha value is -1.87. The van der Waals surface area contributed by atoms with Crippen LogP contribution >= 0.6 is 24.0 Å². The number of nitrogens with zero attached hydrogens (tertiary/aromatic N) is 3. The van der Waals surface area contributed by atoms with Gasteiger partial charge in [0.05, 0.1) is 13.2 Å². The predicted octanol–water partition coefficient (Wildman–Crippen LogP) is 3.82. The molecule has 1 unspecified atom stereocenters. The Labute approximate surface area is 197 Å². The minimum atomic E-state index is 0. The van der Waals surface area contributed by atoms with E-state index in [1.807, 2.05) is 24.4 Å². The number of aromatic nitrogens is 1. The first-order chi connectivity index (χ1) is 14.2. The second-order valence-corrected chi connectivity index (χ2v) is 7.63. The van der Waals surface area contributed by atoms with Crippen LogP contribution < -0.4 is 15.5 Å². The number of rotatable bonds is 9. The fourth-order valence-electron chi connectivity index (χ4n) is 3.38. The van der Waals surface area contributed by atoms with Gasteiger partial charge in [-0.1, -0.05) is 37.3 Å². The molecule has 164 valence electrons. The molecule has 2 aromatic rings. The number of guanidine groups is 1. The summed E-state index contributed by atoms with van der Waals surface area (Å²) in [6, 6.07) is 14.5. The number of aliphatic imine (C=N–C) groups is 1. The first kappa shape index (κ1) is 24.4. The van der Waals surface area contributed by atoms with Crippen molar-refractivity contribution < 1.29 is 4.74 Å². The van der Waals surface area contributed by atoms with Gasteiger partial charge in [0.1, 0.15) is 5.82 Å². The van der Waals surface area contributed by atoms with E-state index in [0.717, 1.165) is 38.0 Å². The van der Waals surface area contributed by atoms with Gasteiger partial charge in [0, 0.05) is 39.4 Å². The van der Waals surface area contributed by atoms with Crippen molar-refractivity contribution >= 4 is 35.8 Å². The third-order valence-corrected chi connectivity index (χ3v) is 5.06. The average molecular weight is 523 g/mol. The van der Waals surface area contributed by atoms with E-state index in [2.05, 4.69) is 56.7 Å². The van der Waals surface area contributed by atoms with E-state index in [-0.39, 0.29) is 24.0 Å². The summed E-state index contributed by atoms with van der Waals surface area (Å²) in [4.78, 5) is 11.2. The molecule has 1 aromatic carbocycles. The van der Waals surface area contributed by atoms with Gasteiger partial charge >= 0.3 is 0 Å². The highest BCUT2D eigenvalue weighted by Crippen LogP contribution is 2.18. The number of hydrogen-bond donors (Lipinski definition) is 2. The molecule has 3 rings (SSSR count). The standard InChI is InChI=1S/C23H33N5O.HI/c1-19(17-29-18-20-8-4-3-5-9-20)15-26-23(24-2)27-16-21-10-11-25-22(14-21)28-12-6-7-13-28;/h3-5,8-11,14,19H,6-7,12-13,15-18H2,1-2H3,(H2,24,26,27);1H. The van der Waals surface area contributed by atoms with Gasteiger partial charge in [0.15, 0.2) is 5.96 Å². The Morgan fingerprint density at radius 2 is 1.90 bits per heavy atom. The fraction of sp³-hybridized carbons (Fsp3) is 0.478. The Kier molecular flexibility index (Phi) is 10.9. The maximum Gasteiger partial charge on any atom is 0.191 e. The zero-order valence-corrected chi connectivity index (χ0v) is 20.3. The lowest BCUT2D eigenvalue weighted by Crippen LogP contribution is -2.39. The lowest BCUT2D eigenvalue weighted by Gasteiger charge is -2.18. The highest BCUT2D eigenvalue weighted by Gasteiger charge is 2.13. The first-order valence-corrected chi connectivity index (χ1v) is 10.5. The smallest absolute Gasteiger partial charge is 0.191 e. The number of anilines is 1. The van der Waals surface area contributed by atoms with Crippen LogP contribution in [0.2, 0.25) is 0 Å². The molecule has 1 atom stereocenters. The second kappa shape index (κ2) is 13.4. The van der Waals surface area contributed by atoms with Crippen molar-refractivity contribution in [1.29, 1.82) is 0 Å². The van der Waals surface area contributed by atoms with Crippen LogP contribution in [0.3, 0.4) is 0 Å². The lowest BCUT2D eigenvalue weighted by molar-refractivity contribution is 0.0931. The van der Waals surface area contributed by atoms with E-state index in [4.69, 9.17) is 4.74 Å². The summed E-state index contributed by atoms with van der Waals surface area (Å²) >= 11 is 0. The normalized spacial score (nSPS) is 14.9. The summed E-state index contributed by atoms with van der Waals surface area (Å²) < 4.78 is 5.83. The van der Waals surface area contributed by atoms with E-state index in [9.17, 15) is 0 Å². The summed E-state index contributed by atoms with van der Waals surface area (Å²) in [7, 11) is 1.80. The second-order valence-electron chi connectivity index (χ2n) is 7.63. The molecular weight excluding hydrogens is 489 g/mol. The van der Waals surface area contributed by atoms with Gasteiger partial charge < -0.3 is 20.3 Å². The summed E-state index contributed by atoms with van der Waals surface area (Å²) in [6.45, 7) is 7.29. The summed E-state index contributed by atoms with van der Waals surface area (Å²) in [6.07, 6.45) is 4.41. The van der Waals surface area contributed by atoms with E-state index in [1.54, 1.807) is 7.05 Å². The first-order valence-electron chi connectivity index (χ1n) is 10.5. The molecule has 2 heterocycles. The third kappa shape index (κ3) is 8.10. The lowest BCUT2D eigenvalue weighted by atomic mass is 10.2. The van der Waals surface area contributed by atoms with Gasteiger partial charge in [-0.25, -0.2) is 4.98 Å². The minimum Gasteiger partial charge on any atom is -0.376 e. The molecule has 1 fully saturated rings. The Morgan fingerprint density at radius 3 is 2.63 bits per heavy atom. The zero-order chi connectivity index (χ0) is 20.3. The molecule has 1 aromatic heterocycles. The number of nitrogens with one attached hydrogen (secondary N) is 2. The van der Waals surface area contributed by atoms with Crippen molar-refractivity contribution in [2.75, 3.05) is 38.2 Å². The number of pyridine rings is 1. The minimum absolute atomic E-state index is 0. The molecule has 1 aliphatic heterocycles. The third-order valence-electron chi connectivity index (χ3n) is 5.06. The van der Waals surface area contributed by atoms with Gasteiger partial charge in [-0.2, -0.15) is 0 Å². The molecule has 6 nitrogen and oxygen atoms in total. The van der Waals surface area contributed by atoms with E-state index < -0.39 is 0 Å². The SMILES string of the molecule is CN=C(NCc1ccnc(N2CCCC2)c1)NCC(C)COCc1ccccc1.I. The summed E-state index contributed by atoms with van der Waals surface area (Å²) in [5, 5.41) is 6.78. The van der Waals surface area contributed by atoms with Crippen molar-refractivity contribution in [1.82, 2.24) is 15.6 Å². The van der Waals surface area contributed by atoms with Crippen molar-refractivity contribution in [2.24, 2.45) is 10.9 Å². The molecule has 0 bridgehead atoms. The number of halogens is 1. The molecule has 0 saturated carbocycles. The Bertz CT molecular complexity index is 765. The summed E-state index contributed by atoms with van der Waals surface area (Å²) in [5.74, 6) is 2.27. The molecule has 1 aliphatic rings. The van der Waals surface area contributed by atoms with Crippen molar-refractivity contribution in [2.45, 2.75) is 32.9 Å². The zero-order valence-electron chi connectivity index (χ0n) is 18.0. The van der Waals surface area contributed by atoms with Crippen molar-refractivity contribution in [3.05, 3.63) is 59.8 Å².